The van der Waals surface area contributed by atoms with Gasteiger partial charge < -0.3 is 14.9 Å². The van der Waals surface area contributed by atoms with Crippen molar-refractivity contribution in [1.29, 1.82) is 0 Å². The van der Waals surface area contributed by atoms with Crippen molar-refractivity contribution in [1.82, 2.24) is 5.06 Å². The van der Waals surface area contributed by atoms with Crippen LogP contribution in [0.15, 0.2) is 42.5 Å². The first-order chi connectivity index (χ1) is 12.0. The van der Waals surface area contributed by atoms with E-state index in [0.717, 1.165) is 11.1 Å². The zero-order valence-electron chi connectivity index (χ0n) is 14.4. The molecule has 0 heterocycles. The van der Waals surface area contributed by atoms with Crippen molar-refractivity contribution in [2.45, 2.75) is 19.3 Å². The topological polar surface area (TPSA) is 79.2 Å². The number of methoxy groups -OCH3 is 1. The van der Waals surface area contributed by atoms with Crippen LogP contribution in [0, 0.1) is 0 Å². The maximum absolute atomic E-state index is 12.3. The number of amides is 1. The minimum atomic E-state index is -0.117. The van der Waals surface area contributed by atoms with Crippen LogP contribution in [0.25, 0.3) is 0 Å². The Hall–Kier alpha value is -2.73. The van der Waals surface area contributed by atoms with Gasteiger partial charge in [-0.2, -0.15) is 0 Å². The van der Waals surface area contributed by atoms with E-state index in [9.17, 15) is 15.0 Å². The quantitative estimate of drug-likeness (QED) is 0.719. The fourth-order valence-corrected chi connectivity index (χ4v) is 2.46. The Morgan fingerprint density at radius 2 is 1.68 bits per heavy atom. The van der Waals surface area contributed by atoms with Crippen molar-refractivity contribution in [3.05, 3.63) is 53.6 Å². The van der Waals surface area contributed by atoms with Gasteiger partial charge in [0.25, 0.3) is 0 Å². The highest BCUT2D eigenvalue weighted by molar-refractivity contribution is 5.75. The van der Waals surface area contributed by atoms with E-state index >= 15 is 0 Å². The van der Waals surface area contributed by atoms with Crippen LogP contribution in [0.4, 0.5) is 0 Å². The molecule has 0 radical (unpaired) electrons. The SMILES string of the molecule is COc1cc(CCC(=O)N(CCc2ccc(O)cc2)OC)ccc1O. The van der Waals surface area contributed by atoms with E-state index in [-0.39, 0.29) is 23.8 Å². The molecule has 0 bridgehead atoms. The van der Waals surface area contributed by atoms with Crippen LogP contribution in [0.2, 0.25) is 0 Å². The van der Waals surface area contributed by atoms with Crippen molar-refractivity contribution in [3.8, 4) is 17.2 Å². The van der Waals surface area contributed by atoms with E-state index in [2.05, 4.69) is 0 Å². The number of hydrogen-bond donors (Lipinski definition) is 2. The van der Waals surface area contributed by atoms with Gasteiger partial charge >= 0.3 is 0 Å². The third-order valence-electron chi connectivity index (χ3n) is 3.91. The molecule has 0 aliphatic rings. The first-order valence-corrected chi connectivity index (χ1v) is 8.01. The molecule has 2 aromatic rings. The summed E-state index contributed by atoms with van der Waals surface area (Å²) in [6, 6.07) is 11.9. The normalized spacial score (nSPS) is 10.5. The Morgan fingerprint density at radius 3 is 2.32 bits per heavy atom. The minimum absolute atomic E-state index is 0.0741. The van der Waals surface area contributed by atoms with Crippen molar-refractivity contribution in [2.24, 2.45) is 0 Å². The van der Waals surface area contributed by atoms with Gasteiger partial charge in [0.05, 0.1) is 20.8 Å². The molecule has 2 rings (SSSR count). The highest BCUT2D eigenvalue weighted by Gasteiger charge is 2.14. The molecule has 0 aliphatic heterocycles. The lowest BCUT2D eigenvalue weighted by Crippen LogP contribution is -2.32. The van der Waals surface area contributed by atoms with E-state index in [1.54, 1.807) is 30.3 Å². The van der Waals surface area contributed by atoms with Crippen LogP contribution in [0.3, 0.4) is 0 Å². The highest BCUT2D eigenvalue weighted by atomic mass is 16.7. The zero-order valence-corrected chi connectivity index (χ0v) is 14.4. The van der Waals surface area contributed by atoms with Gasteiger partial charge in [0, 0.05) is 6.42 Å². The van der Waals surface area contributed by atoms with Gasteiger partial charge in [-0.3, -0.25) is 9.63 Å². The van der Waals surface area contributed by atoms with Crippen LogP contribution < -0.4 is 4.74 Å². The molecule has 2 N–H and O–H groups in total. The van der Waals surface area contributed by atoms with Gasteiger partial charge in [-0.25, -0.2) is 5.06 Å². The molecule has 1 amide bonds. The van der Waals surface area contributed by atoms with Gasteiger partial charge in [0.1, 0.15) is 5.75 Å². The molecule has 0 aromatic heterocycles. The summed E-state index contributed by atoms with van der Waals surface area (Å²) in [6.45, 7) is 0.430. The first-order valence-electron chi connectivity index (χ1n) is 8.01. The predicted molar refractivity (Wildman–Crippen MR) is 93.5 cm³/mol. The van der Waals surface area contributed by atoms with Gasteiger partial charge in [-0.1, -0.05) is 18.2 Å². The summed E-state index contributed by atoms with van der Waals surface area (Å²) < 4.78 is 5.07. The van der Waals surface area contributed by atoms with E-state index in [1.807, 2.05) is 12.1 Å². The Balaban J connectivity index is 1.87. The van der Waals surface area contributed by atoms with Gasteiger partial charge in [-0.05, 0) is 48.2 Å². The highest BCUT2D eigenvalue weighted by Crippen LogP contribution is 2.26. The van der Waals surface area contributed by atoms with E-state index in [4.69, 9.17) is 9.57 Å². The van der Waals surface area contributed by atoms with Crippen LogP contribution >= 0.6 is 0 Å². The lowest BCUT2D eigenvalue weighted by Gasteiger charge is -2.20. The predicted octanol–water partition coefficient (Wildman–Crippen LogP) is 2.67. The fourth-order valence-electron chi connectivity index (χ4n) is 2.46. The number of nitrogens with zero attached hydrogens (tertiary/aromatic N) is 1. The number of rotatable bonds is 8. The molecule has 0 saturated heterocycles. The smallest absolute Gasteiger partial charge is 0.246 e. The molecule has 25 heavy (non-hydrogen) atoms. The molecule has 6 nitrogen and oxygen atoms in total. The number of aryl methyl sites for hydroxylation is 1. The van der Waals surface area contributed by atoms with E-state index in [0.29, 0.717) is 25.1 Å². The number of ether oxygens (including phenoxy) is 1. The molecular weight excluding hydrogens is 322 g/mol. The largest absolute Gasteiger partial charge is 0.508 e. The fraction of sp³-hybridized carbons (Fsp3) is 0.316. The maximum Gasteiger partial charge on any atom is 0.246 e. The van der Waals surface area contributed by atoms with Crippen LogP contribution in [-0.2, 0) is 22.5 Å². The van der Waals surface area contributed by atoms with Crippen molar-refractivity contribution >= 4 is 5.91 Å². The average Bonchev–Trinajstić information content (AvgIpc) is 2.63. The Labute approximate surface area is 147 Å². The molecule has 0 spiro atoms. The van der Waals surface area contributed by atoms with Gasteiger partial charge in [0.15, 0.2) is 11.5 Å². The number of benzene rings is 2. The lowest BCUT2D eigenvalue weighted by atomic mass is 10.1. The zero-order chi connectivity index (χ0) is 18.2. The molecular formula is C19H23NO5. The summed E-state index contributed by atoms with van der Waals surface area (Å²) in [7, 11) is 2.96. The molecule has 0 saturated carbocycles. The average molecular weight is 345 g/mol. The molecule has 2 aromatic carbocycles. The molecule has 0 unspecified atom stereocenters. The Bertz CT molecular complexity index is 699. The van der Waals surface area contributed by atoms with E-state index in [1.165, 1.54) is 19.3 Å². The number of aromatic hydroxyl groups is 2. The number of carbonyl (C=O) groups excluding carboxylic acids is 1. The van der Waals surface area contributed by atoms with Crippen LogP contribution in [-0.4, -0.2) is 41.9 Å². The summed E-state index contributed by atoms with van der Waals surface area (Å²) >= 11 is 0. The second-order valence-electron chi connectivity index (χ2n) is 5.60. The van der Waals surface area contributed by atoms with Crippen LogP contribution in [0.1, 0.15) is 17.5 Å². The maximum atomic E-state index is 12.3. The third kappa shape index (κ3) is 5.39. The molecule has 0 atom stereocenters. The third-order valence-corrected chi connectivity index (χ3v) is 3.91. The standard InChI is InChI=1S/C19H23NO5/c1-24-18-13-15(5-9-17(18)22)6-10-19(23)20(25-2)12-11-14-3-7-16(21)8-4-14/h3-5,7-9,13,21-22H,6,10-12H2,1-2H3. The number of hydroxylamine groups is 2. The summed E-state index contributed by atoms with van der Waals surface area (Å²) in [5.41, 5.74) is 1.91. The van der Waals surface area contributed by atoms with Crippen molar-refractivity contribution in [2.75, 3.05) is 20.8 Å². The van der Waals surface area contributed by atoms with E-state index < -0.39 is 0 Å². The summed E-state index contributed by atoms with van der Waals surface area (Å²) in [4.78, 5) is 17.5. The Kier molecular flexibility index (Phi) is 6.65. The Morgan fingerprint density at radius 1 is 1.00 bits per heavy atom. The first kappa shape index (κ1) is 18.6. The minimum Gasteiger partial charge on any atom is -0.508 e. The number of phenols is 2. The molecule has 0 fully saturated rings. The summed E-state index contributed by atoms with van der Waals surface area (Å²) in [5.74, 6) is 0.562. The monoisotopic (exact) mass is 345 g/mol. The van der Waals surface area contributed by atoms with Crippen LogP contribution in [0.5, 0.6) is 17.2 Å². The second-order valence-corrected chi connectivity index (χ2v) is 5.60. The number of phenolic OH excluding ortho intramolecular Hbond substituents is 2. The lowest BCUT2D eigenvalue weighted by molar-refractivity contribution is -0.175. The number of carbonyl (C=O) groups is 1. The molecule has 0 aliphatic carbocycles. The van der Waals surface area contributed by atoms with Gasteiger partial charge in [0.2, 0.25) is 5.91 Å². The van der Waals surface area contributed by atoms with Crippen molar-refractivity contribution in [3.63, 3.8) is 0 Å². The summed E-state index contributed by atoms with van der Waals surface area (Å²) in [6.07, 6.45) is 1.44. The summed E-state index contributed by atoms with van der Waals surface area (Å²) in [5, 5.41) is 20.2. The molecule has 6 heteroatoms. The second kappa shape index (κ2) is 8.94. The number of hydrogen-bond acceptors (Lipinski definition) is 5. The van der Waals surface area contributed by atoms with Gasteiger partial charge in [-0.15, -0.1) is 0 Å². The molecule has 134 valence electrons. The van der Waals surface area contributed by atoms with Crippen molar-refractivity contribution < 1.29 is 24.6 Å².